The van der Waals surface area contributed by atoms with E-state index >= 15 is 0 Å². The molecule has 8 heteroatoms. The van der Waals surface area contributed by atoms with E-state index in [0.717, 1.165) is 54.9 Å². The molecular weight excluding hydrogens is 498 g/mol. The summed E-state index contributed by atoms with van der Waals surface area (Å²) in [5.41, 5.74) is 10.0. The lowest BCUT2D eigenvalue weighted by Crippen LogP contribution is -2.03. The highest BCUT2D eigenvalue weighted by Crippen LogP contribution is 2.43. The molecule has 4 aromatic carbocycles. The molecule has 0 radical (unpaired) electrons. The highest BCUT2D eigenvalue weighted by molar-refractivity contribution is 6.25. The number of fused-ring (bicyclic) bond motifs is 13. The molecule has 0 spiro atoms. The van der Waals surface area contributed by atoms with Crippen LogP contribution in [0.15, 0.2) is 83.9 Å². The van der Waals surface area contributed by atoms with Gasteiger partial charge in [-0.25, -0.2) is 9.97 Å². The normalized spacial score (nSPS) is 12.2. The van der Waals surface area contributed by atoms with Gasteiger partial charge >= 0.3 is 0 Å². The molecule has 5 heterocycles. The summed E-state index contributed by atoms with van der Waals surface area (Å²) in [4.78, 5) is 28.5. The summed E-state index contributed by atoms with van der Waals surface area (Å²) < 4.78 is 8.72. The smallest absolute Gasteiger partial charge is 0.157 e. The zero-order valence-corrected chi connectivity index (χ0v) is 21.5. The number of rotatable bonds is 1. The van der Waals surface area contributed by atoms with Gasteiger partial charge in [0.2, 0.25) is 0 Å². The lowest BCUT2D eigenvalue weighted by Gasteiger charge is -2.12. The molecule has 5 aromatic heterocycles. The SMILES string of the molecule is Cc1cccc2c3c4oc5ccccc5c4cc(C)c3n(-c3cnc4c5nccnc5c5nccnc5c4n3)c12. The lowest BCUT2D eigenvalue weighted by atomic mass is 10.0. The molecule has 9 rings (SSSR count). The van der Waals surface area contributed by atoms with E-state index in [0.29, 0.717) is 38.9 Å². The summed E-state index contributed by atoms with van der Waals surface area (Å²) in [7, 11) is 0. The van der Waals surface area contributed by atoms with Crippen molar-refractivity contribution in [2.45, 2.75) is 13.8 Å². The Kier molecular flexibility index (Phi) is 4.04. The first-order valence-electron chi connectivity index (χ1n) is 13.0. The van der Waals surface area contributed by atoms with Crippen molar-refractivity contribution in [2.24, 2.45) is 0 Å². The van der Waals surface area contributed by atoms with Crippen LogP contribution in [0.1, 0.15) is 11.1 Å². The van der Waals surface area contributed by atoms with Crippen LogP contribution in [0.3, 0.4) is 0 Å². The van der Waals surface area contributed by atoms with Crippen LogP contribution in [0.25, 0.3) is 82.7 Å². The monoisotopic (exact) mass is 517 g/mol. The number of nitrogens with zero attached hydrogens (tertiary/aromatic N) is 7. The Morgan fingerprint density at radius 2 is 1.25 bits per heavy atom. The summed E-state index contributed by atoms with van der Waals surface area (Å²) in [6, 6.07) is 16.8. The van der Waals surface area contributed by atoms with Crippen LogP contribution in [0.2, 0.25) is 0 Å². The number of aryl methyl sites for hydroxylation is 2. The third kappa shape index (κ3) is 2.64. The summed E-state index contributed by atoms with van der Waals surface area (Å²) in [6.07, 6.45) is 8.47. The van der Waals surface area contributed by atoms with E-state index in [1.165, 1.54) is 0 Å². The minimum Gasteiger partial charge on any atom is -0.455 e. The molecular formula is C32H19N7O. The van der Waals surface area contributed by atoms with Crippen molar-refractivity contribution in [1.82, 2.24) is 34.5 Å². The standard InChI is InChI=1S/C32H19N7O/c1-16-6-5-8-19-23-31(17(2)14-20-18-7-3-4-9-21(18)40-32(20)23)39(30(16)19)22-15-37-28-26-24(33-10-11-35-26)25-27(29(28)38-22)36-13-12-34-25/h3-15H,1-2H3. The van der Waals surface area contributed by atoms with Crippen molar-refractivity contribution < 1.29 is 4.42 Å². The molecule has 0 aliphatic carbocycles. The highest BCUT2D eigenvalue weighted by atomic mass is 16.3. The summed E-state index contributed by atoms with van der Waals surface area (Å²) in [6.45, 7) is 4.27. The Balaban J connectivity index is 1.48. The Morgan fingerprint density at radius 3 is 2.00 bits per heavy atom. The van der Waals surface area contributed by atoms with E-state index in [4.69, 9.17) is 14.4 Å². The first-order chi connectivity index (χ1) is 19.7. The molecule has 0 bridgehead atoms. The molecule has 0 atom stereocenters. The minimum atomic E-state index is 0.639. The van der Waals surface area contributed by atoms with E-state index < -0.39 is 0 Å². The fourth-order valence-corrected chi connectivity index (χ4v) is 6.22. The van der Waals surface area contributed by atoms with Gasteiger partial charge < -0.3 is 4.42 Å². The van der Waals surface area contributed by atoms with Crippen LogP contribution in [0.5, 0.6) is 0 Å². The Morgan fingerprint density at radius 1 is 0.600 bits per heavy atom. The molecule has 188 valence electrons. The third-order valence-corrected chi connectivity index (χ3v) is 7.84. The maximum absolute atomic E-state index is 6.51. The molecule has 8 nitrogen and oxygen atoms in total. The fraction of sp³-hybridized carbons (Fsp3) is 0.0625. The molecule has 0 saturated carbocycles. The first-order valence-corrected chi connectivity index (χ1v) is 13.0. The molecule has 0 aliphatic heterocycles. The highest BCUT2D eigenvalue weighted by Gasteiger charge is 2.23. The minimum absolute atomic E-state index is 0.639. The first kappa shape index (κ1) is 21.4. The molecule has 0 N–H and O–H groups in total. The molecule has 0 saturated heterocycles. The van der Waals surface area contributed by atoms with Gasteiger partial charge in [-0.3, -0.25) is 24.5 Å². The van der Waals surface area contributed by atoms with Crippen LogP contribution in [0.4, 0.5) is 0 Å². The van der Waals surface area contributed by atoms with E-state index in [9.17, 15) is 0 Å². The van der Waals surface area contributed by atoms with Gasteiger partial charge in [-0.2, -0.15) is 0 Å². The van der Waals surface area contributed by atoms with Crippen LogP contribution >= 0.6 is 0 Å². The number of hydrogen-bond acceptors (Lipinski definition) is 7. The molecule has 40 heavy (non-hydrogen) atoms. The molecule has 9 aromatic rings. The predicted octanol–water partition coefficient (Wildman–Crippen LogP) is 7.13. The predicted molar refractivity (Wildman–Crippen MR) is 157 cm³/mol. The van der Waals surface area contributed by atoms with Crippen molar-refractivity contribution >= 4 is 76.8 Å². The van der Waals surface area contributed by atoms with Crippen molar-refractivity contribution in [3.8, 4) is 5.82 Å². The Hall–Kier alpha value is -5.50. The van der Waals surface area contributed by atoms with Gasteiger partial charge in [0.15, 0.2) is 5.82 Å². The number of aromatic nitrogens is 7. The fourth-order valence-electron chi connectivity index (χ4n) is 6.22. The zero-order chi connectivity index (χ0) is 26.5. The van der Waals surface area contributed by atoms with Crippen LogP contribution in [-0.4, -0.2) is 34.5 Å². The maximum atomic E-state index is 6.51. The number of para-hydroxylation sites is 2. The average molecular weight is 518 g/mol. The van der Waals surface area contributed by atoms with Crippen molar-refractivity contribution in [3.63, 3.8) is 0 Å². The van der Waals surface area contributed by atoms with E-state index in [1.807, 2.05) is 18.3 Å². The summed E-state index contributed by atoms with van der Waals surface area (Å²) in [5.74, 6) is 0.690. The second-order valence-electron chi connectivity index (χ2n) is 10.1. The third-order valence-electron chi connectivity index (χ3n) is 7.84. The van der Waals surface area contributed by atoms with E-state index in [-0.39, 0.29) is 0 Å². The van der Waals surface area contributed by atoms with Gasteiger partial charge in [0.25, 0.3) is 0 Å². The van der Waals surface area contributed by atoms with Gasteiger partial charge in [0.05, 0.1) is 22.6 Å². The number of hydrogen-bond donors (Lipinski definition) is 0. The molecule has 0 amide bonds. The van der Waals surface area contributed by atoms with Gasteiger partial charge in [0.1, 0.15) is 44.3 Å². The van der Waals surface area contributed by atoms with Gasteiger partial charge in [-0.1, -0.05) is 36.4 Å². The molecule has 0 fully saturated rings. The molecule has 0 unspecified atom stereocenters. The zero-order valence-electron chi connectivity index (χ0n) is 21.5. The van der Waals surface area contributed by atoms with Crippen LogP contribution < -0.4 is 0 Å². The maximum Gasteiger partial charge on any atom is 0.157 e. The average Bonchev–Trinajstić information content (AvgIpc) is 3.54. The van der Waals surface area contributed by atoms with Crippen molar-refractivity contribution in [2.75, 3.05) is 0 Å². The van der Waals surface area contributed by atoms with Crippen LogP contribution in [0, 0.1) is 13.8 Å². The Bertz CT molecular complexity index is 2490. The van der Waals surface area contributed by atoms with Crippen molar-refractivity contribution in [3.05, 3.63) is 90.6 Å². The molecule has 0 aliphatic rings. The van der Waals surface area contributed by atoms with E-state index in [2.05, 4.69) is 74.7 Å². The topological polar surface area (TPSA) is 95.4 Å². The van der Waals surface area contributed by atoms with Gasteiger partial charge in [0, 0.05) is 40.9 Å². The van der Waals surface area contributed by atoms with E-state index in [1.54, 1.807) is 24.8 Å². The quantitative estimate of drug-likeness (QED) is 0.214. The number of furan rings is 1. The Labute approximate surface area is 226 Å². The largest absolute Gasteiger partial charge is 0.455 e. The van der Waals surface area contributed by atoms with Gasteiger partial charge in [-0.15, -0.1) is 0 Å². The lowest BCUT2D eigenvalue weighted by molar-refractivity contribution is 0.673. The van der Waals surface area contributed by atoms with Crippen LogP contribution in [-0.2, 0) is 0 Å². The summed E-state index contributed by atoms with van der Waals surface area (Å²) >= 11 is 0. The van der Waals surface area contributed by atoms with Gasteiger partial charge in [-0.05, 0) is 37.1 Å². The second kappa shape index (κ2) is 7.54. The van der Waals surface area contributed by atoms with Crippen molar-refractivity contribution in [1.29, 1.82) is 0 Å². The number of benzene rings is 4. The summed E-state index contributed by atoms with van der Waals surface area (Å²) in [5, 5.41) is 4.40. The second-order valence-corrected chi connectivity index (χ2v) is 10.1.